The van der Waals surface area contributed by atoms with E-state index >= 15 is 0 Å². The lowest BCUT2D eigenvalue weighted by molar-refractivity contribution is -0.127. The summed E-state index contributed by atoms with van der Waals surface area (Å²) in [5.41, 5.74) is 7.45. The van der Waals surface area contributed by atoms with Gasteiger partial charge in [-0.25, -0.2) is 0 Å². The van der Waals surface area contributed by atoms with Crippen LogP contribution in [0.15, 0.2) is 66.7 Å². The number of allylic oxidation sites excluding steroid dienone is 1. The molecule has 0 aliphatic heterocycles. The summed E-state index contributed by atoms with van der Waals surface area (Å²) in [6.45, 7) is 0. The van der Waals surface area contributed by atoms with Crippen LogP contribution in [-0.4, -0.2) is 17.9 Å². The van der Waals surface area contributed by atoms with Crippen LogP contribution in [0.25, 0.3) is 6.08 Å². The molecular formula is C20H22N2O2. The van der Waals surface area contributed by atoms with Gasteiger partial charge in [0.1, 0.15) is 6.04 Å². The van der Waals surface area contributed by atoms with E-state index in [9.17, 15) is 9.59 Å². The van der Waals surface area contributed by atoms with Gasteiger partial charge in [0.2, 0.25) is 11.8 Å². The maximum atomic E-state index is 12.0. The Balaban J connectivity index is 1.80. The number of carbonyl (C=O) groups excluding carboxylic acids is 2. The number of amides is 2. The number of primary amides is 1. The van der Waals surface area contributed by atoms with Crippen LogP contribution in [0.3, 0.4) is 0 Å². The molecule has 0 unspecified atom stereocenters. The molecular weight excluding hydrogens is 300 g/mol. The summed E-state index contributed by atoms with van der Waals surface area (Å²) in [6.07, 6.45) is 5.26. The zero-order valence-corrected chi connectivity index (χ0v) is 13.5. The highest BCUT2D eigenvalue weighted by Gasteiger charge is 2.17. The van der Waals surface area contributed by atoms with Crippen LogP contribution in [0.5, 0.6) is 0 Å². The molecule has 0 saturated heterocycles. The van der Waals surface area contributed by atoms with Gasteiger partial charge in [0.15, 0.2) is 0 Å². The number of nitrogens with one attached hydrogen (secondary N) is 1. The van der Waals surface area contributed by atoms with Crippen molar-refractivity contribution in [3.63, 3.8) is 0 Å². The third kappa shape index (κ3) is 6.08. The van der Waals surface area contributed by atoms with Crippen molar-refractivity contribution >= 4 is 17.9 Å². The molecule has 3 N–H and O–H groups in total. The highest BCUT2D eigenvalue weighted by molar-refractivity contribution is 5.86. The van der Waals surface area contributed by atoms with Crippen molar-refractivity contribution in [2.45, 2.75) is 25.3 Å². The SMILES string of the molecule is NC(=O)[C@@H](Cc1ccccc1)NC(=O)CC/C=C/c1ccccc1. The van der Waals surface area contributed by atoms with Crippen molar-refractivity contribution < 1.29 is 9.59 Å². The lowest BCUT2D eigenvalue weighted by Gasteiger charge is -2.15. The molecule has 0 spiro atoms. The van der Waals surface area contributed by atoms with E-state index in [4.69, 9.17) is 5.73 Å². The number of benzene rings is 2. The monoisotopic (exact) mass is 322 g/mol. The Labute approximate surface area is 142 Å². The zero-order chi connectivity index (χ0) is 17.2. The summed E-state index contributed by atoms with van der Waals surface area (Å²) >= 11 is 0. The Kier molecular flexibility index (Phi) is 6.77. The zero-order valence-electron chi connectivity index (χ0n) is 13.5. The minimum atomic E-state index is -0.682. The highest BCUT2D eigenvalue weighted by Crippen LogP contribution is 2.05. The molecule has 1 atom stereocenters. The third-order valence-corrected chi connectivity index (χ3v) is 3.61. The van der Waals surface area contributed by atoms with E-state index in [0.29, 0.717) is 19.3 Å². The van der Waals surface area contributed by atoms with E-state index in [1.54, 1.807) is 0 Å². The van der Waals surface area contributed by atoms with E-state index in [1.165, 1.54) is 0 Å². The first-order valence-corrected chi connectivity index (χ1v) is 7.99. The third-order valence-electron chi connectivity index (χ3n) is 3.61. The largest absolute Gasteiger partial charge is 0.368 e. The fraction of sp³-hybridized carbons (Fsp3) is 0.200. The summed E-state index contributed by atoms with van der Waals surface area (Å²) in [5.74, 6) is -0.695. The second kappa shape index (κ2) is 9.30. The first kappa shape index (κ1) is 17.5. The summed E-state index contributed by atoms with van der Waals surface area (Å²) in [7, 11) is 0. The Morgan fingerprint density at radius 1 is 1.00 bits per heavy atom. The Morgan fingerprint density at radius 3 is 2.25 bits per heavy atom. The predicted molar refractivity (Wildman–Crippen MR) is 96.0 cm³/mol. The van der Waals surface area contributed by atoms with Crippen molar-refractivity contribution in [3.05, 3.63) is 77.9 Å². The Hall–Kier alpha value is -2.88. The second-order valence-electron chi connectivity index (χ2n) is 5.56. The maximum absolute atomic E-state index is 12.0. The molecule has 0 fully saturated rings. The van der Waals surface area contributed by atoms with Crippen molar-refractivity contribution in [3.8, 4) is 0 Å². The molecule has 0 aliphatic carbocycles. The Morgan fingerprint density at radius 2 is 1.62 bits per heavy atom. The van der Waals surface area contributed by atoms with Gasteiger partial charge < -0.3 is 11.1 Å². The molecule has 0 saturated carbocycles. The lowest BCUT2D eigenvalue weighted by Crippen LogP contribution is -2.45. The first-order chi connectivity index (χ1) is 11.6. The van der Waals surface area contributed by atoms with Crippen LogP contribution in [0.4, 0.5) is 0 Å². The standard InChI is InChI=1S/C20H22N2O2/c21-20(24)18(15-17-12-5-2-6-13-17)22-19(23)14-8-7-11-16-9-3-1-4-10-16/h1-7,9-13,18H,8,14-15H2,(H2,21,24)(H,22,23)/b11-7+/t18-/m1/s1. The van der Waals surface area contributed by atoms with E-state index < -0.39 is 11.9 Å². The molecule has 0 aliphatic rings. The Bertz CT molecular complexity index is 681. The molecule has 2 rings (SSSR count). The molecule has 24 heavy (non-hydrogen) atoms. The van der Waals surface area contributed by atoms with Crippen molar-refractivity contribution in [1.29, 1.82) is 0 Å². The van der Waals surface area contributed by atoms with Gasteiger partial charge in [0, 0.05) is 12.8 Å². The number of rotatable bonds is 8. The molecule has 0 aromatic heterocycles. The summed E-state index contributed by atoms with van der Waals surface area (Å²) in [4.78, 5) is 23.6. The van der Waals surface area contributed by atoms with Gasteiger partial charge in [-0.1, -0.05) is 72.8 Å². The smallest absolute Gasteiger partial charge is 0.240 e. The van der Waals surface area contributed by atoms with Crippen molar-refractivity contribution in [2.75, 3.05) is 0 Å². The van der Waals surface area contributed by atoms with E-state index in [1.807, 2.05) is 72.8 Å². The average molecular weight is 322 g/mol. The first-order valence-electron chi connectivity index (χ1n) is 7.99. The van der Waals surface area contributed by atoms with Crippen LogP contribution in [-0.2, 0) is 16.0 Å². The molecule has 4 heteroatoms. The molecule has 0 radical (unpaired) electrons. The summed E-state index contributed by atoms with van der Waals surface area (Å²) < 4.78 is 0. The van der Waals surface area contributed by atoms with Crippen LogP contribution in [0.1, 0.15) is 24.0 Å². The fourth-order valence-corrected chi connectivity index (χ4v) is 2.34. The van der Waals surface area contributed by atoms with E-state index in [2.05, 4.69) is 5.32 Å². The normalized spacial score (nSPS) is 12.0. The predicted octanol–water partition coefficient (Wildman–Crippen LogP) is 2.69. The maximum Gasteiger partial charge on any atom is 0.240 e. The van der Waals surface area contributed by atoms with Crippen LogP contribution >= 0.6 is 0 Å². The van der Waals surface area contributed by atoms with Crippen LogP contribution in [0, 0.1) is 0 Å². The molecule has 0 bridgehead atoms. The van der Waals surface area contributed by atoms with Gasteiger partial charge in [-0.15, -0.1) is 0 Å². The minimum Gasteiger partial charge on any atom is -0.368 e. The van der Waals surface area contributed by atoms with E-state index in [-0.39, 0.29) is 5.91 Å². The number of carbonyl (C=O) groups is 2. The van der Waals surface area contributed by atoms with Gasteiger partial charge in [0.05, 0.1) is 0 Å². The van der Waals surface area contributed by atoms with Crippen molar-refractivity contribution in [1.82, 2.24) is 5.32 Å². The average Bonchev–Trinajstić information content (AvgIpc) is 2.60. The summed E-state index contributed by atoms with van der Waals surface area (Å²) in [5, 5.41) is 2.72. The van der Waals surface area contributed by atoms with Gasteiger partial charge in [-0.2, -0.15) is 0 Å². The highest BCUT2D eigenvalue weighted by atomic mass is 16.2. The van der Waals surface area contributed by atoms with Crippen LogP contribution in [0.2, 0.25) is 0 Å². The molecule has 2 aromatic rings. The topological polar surface area (TPSA) is 72.2 Å². The second-order valence-corrected chi connectivity index (χ2v) is 5.56. The minimum absolute atomic E-state index is 0.174. The van der Waals surface area contributed by atoms with Gasteiger partial charge in [0.25, 0.3) is 0 Å². The fourth-order valence-electron chi connectivity index (χ4n) is 2.34. The summed E-state index contributed by atoms with van der Waals surface area (Å²) in [6, 6.07) is 18.7. The number of hydrogen-bond acceptors (Lipinski definition) is 2. The van der Waals surface area contributed by atoms with Gasteiger partial charge >= 0.3 is 0 Å². The lowest BCUT2D eigenvalue weighted by atomic mass is 10.1. The molecule has 2 aromatic carbocycles. The van der Waals surface area contributed by atoms with Crippen molar-refractivity contribution in [2.24, 2.45) is 5.73 Å². The van der Waals surface area contributed by atoms with E-state index in [0.717, 1.165) is 11.1 Å². The molecule has 0 heterocycles. The number of hydrogen-bond donors (Lipinski definition) is 2. The quantitative estimate of drug-likeness (QED) is 0.784. The van der Waals surface area contributed by atoms with Gasteiger partial charge in [-0.3, -0.25) is 9.59 Å². The number of nitrogens with two attached hydrogens (primary N) is 1. The molecule has 2 amide bonds. The molecule has 4 nitrogen and oxygen atoms in total. The molecule has 124 valence electrons. The van der Waals surface area contributed by atoms with Gasteiger partial charge in [-0.05, 0) is 17.5 Å². The van der Waals surface area contributed by atoms with Crippen LogP contribution < -0.4 is 11.1 Å².